The van der Waals surface area contributed by atoms with Crippen molar-refractivity contribution in [1.82, 2.24) is 9.99 Å². The summed E-state index contributed by atoms with van der Waals surface area (Å²) in [5.41, 5.74) is 7.67. The van der Waals surface area contributed by atoms with Crippen LogP contribution < -0.4 is 10.2 Å². The lowest BCUT2D eigenvalue weighted by Crippen LogP contribution is -2.24. The van der Waals surface area contributed by atoms with E-state index in [0.29, 0.717) is 16.9 Å². The molecular weight excluding hydrogens is 550 g/mol. The second-order valence-electron chi connectivity index (χ2n) is 6.81. The van der Waals surface area contributed by atoms with Gasteiger partial charge >= 0.3 is 0 Å². The summed E-state index contributed by atoms with van der Waals surface area (Å²) >= 11 is 4.85. The molecule has 1 heterocycles. The maximum Gasteiger partial charge on any atom is 0.271 e. The first-order valence-corrected chi connectivity index (χ1v) is 11.4. The number of carbonyl (C=O) groups is 1. The lowest BCUT2D eigenvalue weighted by Gasteiger charge is -2.08. The minimum absolute atomic E-state index is 0. The highest BCUT2D eigenvalue weighted by atomic mass is 79.9. The second kappa shape index (κ2) is 11.2. The first-order chi connectivity index (χ1) is 15.2. The molecule has 0 aliphatic rings. The lowest BCUT2D eigenvalue weighted by atomic mass is 10.0. The van der Waals surface area contributed by atoms with E-state index in [2.05, 4.69) is 69.4 Å². The molecule has 1 N–H and O–H groups in total. The zero-order valence-corrected chi connectivity index (χ0v) is 21.2. The Bertz CT molecular complexity index is 1260. The Morgan fingerprint density at radius 3 is 2.25 bits per heavy atom. The third kappa shape index (κ3) is 5.54. The summed E-state index contributed by atoms with van der Waals surface area (Å²) in [5, 5.41) is 6.40. The highest BCUT2D eigenvalue weighted by Gasteiger charge is 2.09. The van der Waals surface area contributed by atoms with Gasteiger partial charge in [0.15, 0.2) is 0 Å². The first-order valence-electron chi connectivity index (χ1n) is 9.70. The third-order valence-electron chi connectivity index (χ3n) is 4.76. The molecular formula is C25H21Br2N3OS. The smallest absolute Gasteiger partial charge is 0.271 e. The van der Waals surface area contributed by atoms with Crippen molar-refractivity contribution in [3.63, 3.8) is 0 Å². The van der Waals surface area contributed by atoms with Crippen molar-refractivity contribution in [3.8, 4) is 22.4 Å². The molecule has 0 bridgehead atoms. The molecule has 162 valence electrons. The molecule has 3 aromatic carbocycles. The summed E-state index contributed by atoms with van der Waals surface area (Å²) in [6.45, 7) is 4.46. The number of hydrogen-bond acceptors (Lipinski definition) is 3. The van der Waals surface area contributed by atoms with Crippen molar-refractivity contribution in [2.75, 3.05) is 0 Å². The SMILES string of the molecule is Br.C=CCn1c(-c2ccc(-c3ccccc3)cc2)cs/c1=N/NC(=O)c1ccc(Br)cc1. The van der Waals surface area contributed by atoms with Crippen LogP contribution in [0.2, 0.25) is 0 Å². The Morgan fingerprint density at radius 2 is 1.59 bits per heavy atom. The molecule has 0 unspecified atom stereocenters. The predicted octanol–water partition coefficient (Wildman–Crippen LogP) is 6.66. The fourth-order valence-corrected chi connectivity index (χ4v) is 4.33. The molecule has 1 aromatic heterocycles. The first kappa shape index (κ1) is 23.9. The number of rotatable bonds is 6. The van der Waals surface area contributed by atoms with Crippen LogP contribution in [-0.2, 0) is 6.54 Å². The van der Waals surface area contributed by atoms with Crippen LogP contribution in [0.5, 0.6) is 0 Å². The van der Waals surface area contributed by atoms with Crippen LogP contribution >= 0.6 is 44.2 Å². The molecule has 1 amide bonds. The summed E-state index contributed by atoms with van der Waals surface area (Å²) in [5.74, 6) is -0.250. The van der Waals surface area contributed by atoms with Gasteiger partial charge < -0.3 is 4.57 Å². The van der Waals surface area contributed by atoms with Gasteiger partial charge in [-0.05, 0) is 41.0 Å². The number of hydrogen-bond donors (Lipinski definition) is 1. The average molecular weight is 571 g/mol. The number of nitrogens with one attached hydrogen (secondary N) is 1. The van der Waals surface area contributed by atoms with E-state index in [9.17, 15) is 4.79 Å². The van der Waals surface area contributed by atoms with Crippen LogP contribution in [0.3, 0.4) is 0 Å². The fraction of sp³-hybridized carbons (Fsp3) is 0.0400. The number of allylic oxidation sites excluding steroid dienone is 1. The summed E-state index contributed by atoms with van der Waals surface area (Å²) in [7, 11) is 0. The van der Waals surface area contributed by atoms with Crippen molar-refractivity contribution in [2.45, 2.75) is 6.54 Å². The quantitative estimate of drug-likeness (QED) is 0.204. The van der Waals surface area contributed by atoms with Crippen LogP contribution in [0, 0.1) is 0 Å². The molecule has 0 spiro atoms. The molecule has 0 aliphatic heterocycles. The number of amides is 1. The Labute approximate surface area is 209 Å². The minimum Gasteiger partial charge on any atom is -0.311 e. The molecule has 4 nitrogen and oxygen atoms in total. The largest absolute Gasteiger partial charge is 0.311 e. The highest BCUT2D eigenvalue weighted by Crippen LogP contribution is 2.25. The van der Waals surface area contributed by atoms with Crippen LogP contribution in [-0.4, -0.2) is 10.5 Å². The van der Waals surface area contributed by atoms with Crippen LogP contribution in [0.25, 0.3) is 22.4 Å². The Kier molecular flexibility index (Phi) is 8.39. The monoisotopic (exact) mass is 569 g/mol. The summed E-state index contributed by atoms with van der Waals surface area (Å²) in [6.07, 6.45) is 1.82. The Hall–Kier alpha value is -2.74. The number of halogens is 2. The second-order valence-corrected chi connectivity index (χ2v) is 8.56. The van der Waals surface area contributed by atoms with Crippen molar-refractivity contribution in [2.24, 2.45) is 5.10 Å². The van der Waals surface area contributed by atoms with E-state index in [1.54, 1.807) is 12.1 Å². The van der Waals surface area contributed by atoms with Gasteiger partial charge in [0.1, 0.15) is 0 Å². The van der Waals surface area contributed by atoms with Gasteiger partial charge in [-0.25, -0.2) is 5.43 Å². The maximum atomic E-state index is 12.4. The molecule has 4 rings (SSSR count). The van der Waals surface area contributed by atoms with E-state index < -0.39 is 0 Å². The normalized spacial score (nSPS) is 11.0. The molecule has 0 fully saturated rings. The topological polar surface area (TPSA) is 46.4 Å². The van der Waals surface area contributed by atoms with Gasteiger partial charge in [0, 0.05) is 22.0 Å². The summed E-state index contributed by atoms with van der Waals surface area (Å²) in [4.78, 5) is 13.1. The predicted molar refractivity (Wildman–Crippen MR) is 141 cm³/mol. The van der Waals surface area contributed by atoms with Crippen LogP contribution in [0.15, 0.2) is 106 Å². The van der Waals surface area contributed by atoms with Gasteiger partial charge in [0.05, 0.1) is 5.69 Å². The van der Waals surface area contributed by atoms with Gasteiger partial charge in [0.25, 0.3) is 5.91 Å². The van der Waals surface area contributed by atoms with E-state index in [1.165, 1.54) is 22.5 Å². The van der Waals surface area contributed by atoms with Gasteiger partial charge in [-0.15, -0.1) is 40.0 Å². The van der Waals surface area contributed by atoms with Gasteiger partial charge in [-0.3, -0.25) is 4.79 Å². The maximum absolute atomic E-state index is 12.4. The number of carbonyl (C=O) groups excluding carboxylic acids is 1. The summed E-state index contributed by atoms with van der Waals surface area (Å²) in [6, 6.07) is 25.9. The van der Waals surface area contributed by atoms with E-state index in [1.807, 2.05) is 46.4 Å². The van der Waals surface area contributed by atoms with E-state index >= 15 is 0 Å². The minimum atomic E-state index is -0.250. The third-order valence-corrected chi connectivity index (χ3v) is 6.15. The molecule has 0 aliphatic carbocycles. The lowest BCUT2D eigenvalue weighted by molar-refractivity contribution is 0.0953. The molecule has 0 radical (unpaired) electrons. The van der Waals surface area contributed by atoms with Gasteiger partial charge in [-0.1, -0.05) is 76.6 Å². The fourth-order valence-electron chi connectivity index (χ4n) is 3.18. The molecule has 0 saturated heterocycles. The van der Waals surface area contributed by atoms with E-state index in [0.717, 1.165) is 15.7 Å². The molecule has 7 heteroatoms. The van der Waals surface area contributed by atoms with Crippen LogP contribution in [0.4, 0.5) is 0 Å². The van der Waals surface area contributed by atoms with E-state index in [-0.39, 0.29) is 22.9 Å². The van der Waals surface area contributed by atoms with Crippen LogP contribution in [0.1, 0.15) is 10.4 Å². The zero-order chi connectivity index (χ0) is 21.6. The number of nitrogens with zero attached hydrogens (tertiary/aromatic N) is 2. The van der Waals surface area contributed by atoms with Gasteiger partial charge in [-0.2, -0.15) is 0 Å². The van der Waals surface area contributed by atoms with Crippen molar-refractivity contribution >= 4 is 50.2 Å². The molecule has 0 saturated carbocycles. The molecule has 32 heavy (non-hydrogen) atoms. The Balaban J connectivity index is 0.00000289. The van der Waals surface area contributed by atoms with Gasteiger partial charge in [0.2, 0.25) is 4.80 Å². The number of benzene rings is 3. The van der Waals surface area contributed by atoms with Crippen molar-refractivity contribution < 1.29 is 4.79 Å². The molecule has 0 atom stereocenters. The van der Waals surface area contributed by atoms with E-state index in [4.69, 9.17) is 0 Å². The Morgan fingerprint density at radius 1 is 0.969 bits per heavy atom. The highest BCUT2D eigenvalue weighted by molar-refractivity contribution is 9.10. The zero-order valence-electron chi connectivity index (χ0n) is 17.1. The number of aromatic nitrogens is 1. The van der Waals surface area contributed by atoms with Crippen molar-refractivity contribution in [3.05, 3.63) is 112 Å². The van der Waals surface area contributed by atoms with Crippen molar-refractivity contribution in [1.29, 1.82) is 0 Å². The standard InChI is InChI=1S/C25H20BrN3OS.BrH/c1-2-16-29-23(20-10-8-19(9-11-20)18-6-4-3-5-7-18)17-31-25(29)28-27-24(30)21-12-14-22(26)15-13-21;/h2-15,17H,1,16H2,(H,27,30);1H/b28-25+;. The molecule has 4 aromatic rings. The average Bonchev–Trinajstić information content (AvgIpc) is 3.21. The summed E-state index contributed by atoms with van der Waals surface area (Å²) < 4.78 is 2.96. The number of thiazole rings is 1.